The first-order valence-corrected chi connectivity index (χ1v) is 18.7. The minimum atomic E-state index is -0.368. The van der Waals surface area contributed by atoms with Crippen LogP contribution < -0.4 is 0 Å². The maximum absolute atomic E-state index is 12.1. The van der Waals surface area contributed by atoms with Gasteiger partial charge in [-0.2, -0.15) is 0 Å². The highest BCUT2D eigenvalue weighted by atomic mass is 16.5. The van der Waals surface area contributed by atoms with Crippen molar-refractivity contribution in [3.05, 3.63) is 48.6 Å². The van der Waals surface area contributed by atoms with Crippen molar-refractivity contribution in [3.63, 3.8) is 0 Å². The van der Waals surface area contributed by atoms with Gasteiger partial charge in [-0.05, 0) is 77.0 Å². The van der Waals surface area contributed by atoms with E-state index in [1.165, 1.54) is 77.0 Å². The molecule has 0 fully saturated rings. The molecule has 0 saturated carbocycles. The van der Waals surface area contributed by atoms with E-state index in [2.05, 4.69) is 62.5 Å². The van der Waals surface area contributed by atoms with Gasteiger partial charge in [-0.3, -0.25) is 9.59 Å². The Morgan fingerprint density at radius 2 is 0.822 bits per heavy atom. The summed E-state index contributed by atoms with van der Waals surface area (Å²) in [6.45, 7) is 4.48. The SMILES string of the molecule is CCCCC/C=C\C/C=C\CCCCCCCC(=O)OCC(CO)COC(=O)CCCCCCC/C=C\C/C=C\CCCCC. The maximum atomic E-state index is 12.1. The van der Waals surface area contributed by atoms with Crippen molar-refractivity contribution >= 4 is 11.9 Å². The van der Waals surface area contributed by atoms with E-state index in [-0.39, 0.29) is 37.7 Å². The summed E-state index contributed by atoms with van der Waals surface area (Å²) >= 11 is 0. The third-order valence-electron chi connectivity index (χ3n) is 7.88. The first kappa shape index (κ1) is 42.9. The molecule has 0 unspecified atom stereocenters. The van der Waals surface area contributed by atoms with Crippen LogP contribution in [0.3, 0.4) is 0 Å². The molecule has 0 aromatic heterocycles. The molecule has 5 nitrogen and oxygen atoms in total. The predicted octanol–water partition coefficient (Wildman–Crippen LogP) is 11.3. The summed E-state index contributed by atoms with van der Waals surface area (Å²) in [4.78, 5) is 24.1. The lowest BCUT2D eigenvalue weighted by Gasteiger charge is -2.15. The van der Waals surface area contributed by atoms with Gasteiger partial charge in [0, 0.05) is 12.8 Å². The molecule has 1 N–H and O–H groups in total. The lowest BCUT2D eigenvalue weighted by atomic mass is 10.1. The van der Waals surface area contributed by atoms with Crippen LogP contribution in [0.1, 0.15) is 168 Å². The number of aliphatic hydroxyl groups is 1. The van der Waals surface area contributed by atoms with Gasteiger partial charge in [-0.1, -0.05) is 127 Å². The summed E-state index contributed by atoms with van der Waals surface area (Å²) in [5.74, 6) is -0.849. The standard InChI is InChI=1S/C40H70O5/c1-3-5-7-9-11-13-15-17-19-21-23-25-27-29-31-33-39(42)44-36-38(35-41)37-45-40(43)34-32-30-28-26-24-22-20-18-16-14-12-10-8-6-4-2/h11-14,17-20,38,41H,3-10,15-16,21-37H2,1-2H3/b13-11-,14-12-,19-17-,20-18-. The molecule has 0 rings (SSSR count). The Kier molecular flexibility index (Phi) is 34.6. The molecule has 260 valence electrons. The van der Waals surface area contributed by atoms with Crippen molar-refractivity contribution < 1.29 is 24.2 Å². The van der Waals surface area contributed by atoms with Gasteiger partial charge in [0.25, 0.3) is 0 Å². The summed E-state index contributed by atoms with van der Waals surface area (Å²) in [5.41, 5.74) is 0. The van der Waals surface area contributed by atoms with Crippen molar-refractivity contribution in [2.45, 2.75) is 168 Å². The number of carbonyl (C=O) groups is 2. The van der Waals surface area contributed by atoms with Crippen LogP contribution in [0.15, 0.2) is 48.6 Å². The summed E-state index contributed by atoms with van der Waals surface area (Å²) in [6, 6.07) is 0. The van der Waals surface area contributed by atoms with Gasteiger partial charge in [-0.25, -0.2) is 0 Å². The molecule has 0 amide bonds. The highest BCUT2D eigenvalue weighted by Crippen LogP contribution is 2.11. The third kappa shape index (κ3) is 34.6. The van der Waals surface area contributed by atoms with Crippen molar-refractivity contribution in [1.29, 1.82) is 0 Å². The Morgan fingerprint density at radius 3 is 1.18 bits per heavy atom. The van der Waals surface area contributed by atoms with E-state index in [0.717, 1.165) is 64.2 Å². The molecule has 0 saturated heterocycles. The third-order valence-corrected chi connectivity index (χ3v) is 7.88. The van der Waals surface area contributed by atoms with Crippen molar-refractivity contribution in [2.75, 3.05) is 19.8 Å². The van der Waals surface area contributed by atoms with Crippen LogP contribution in [0.4, 0.5) is 0 Å². The van der Waals surface area contributed by atoms with E-state index in [9.17, 15) is 14.7 Å². The molecule has 0 spiro atoms. The first-order chi connectivity index (χ1) is 22.1. The van der Waals surface area contributed by atoms with E-state index in [0.29, 0.717) is 12.8 Å². The highest BCUT2D eigenvalue weighted by Gasteiger charge is 2.14. The Hall–Kier alpha value is -2.14. The summed E-state index contributed by atoms with van der Waals surface area (Å²) in [7, 11) is 0. The minimum Gasteiger partial charge on any atom is -0.465 e. The van der Waals surface area contributed by atoms with Crippen LogP contribution in [-0.4, -0.2) is 36.9 Å². The van der Waals surface area contributed by atoms with Gasteiger partial charge in [0.1, 0.15) is 0 Å². The molecule has 0 aliphatic rings. The zero-order valence-electron chi connectivity index (χ0n) is 29.4. The van der Waals surface area contributed by atoms with Crippen LogP contribution in [0.5, 0.6) is 0 Å². The van der Waals surface area contributed by atoms with Crippen molar-refractivity contribution in [1.82, 2.24) is 0 Å². The van der Waals surface area contributed by atoms with Crippen molar-refractivity contribution in [3.8, 4) is 0 Å². The van der Waals surface area contributed by atoms with Gasteiger partial charge in [-0.15, -0.1) is 0 Å². The molecule has 45 heavy (non-hydrogen) atoms. The van der Waals surface area contributed by atoms with E-state index in [1.807, 2.05) is 0 Å². The molecular formula is C40H70O5. The number of allylic oxidation sites excluding steroid dienone is 8. The average Bonchev–Trinajstić information content (AvgIpc) is 3.04. The first-order valence-electron chi connectivity index (χ1n) is 18.7. The Bertz CT molecular complexity index is 705. The lowest BCUT2D eigenvalue weighted by molar-refractivity contribution is -0.149. The normalized spacial score (nSPS) is 12.1. The minimum absolute atomic E-state index is 0.0899. The second-order valence-corrected chi connectivity index (χ2v) is 12.4. The van der Waals surface area contributed by atoms with Gasteiger partial charge < -0.3 is 14.6 Å². The summed E-state index contributed by atoms with van der Waals surface area (Å²) in [6.07, 6.45) is 44.2. The molecule has 0 aliphatic heterocycles. The second kappa shape index (κ2) is 36.3. The monoisotopic (exact) mass is 631 g/mol. The molecule has 0 atom stereocenters. The van der Waals surface area contributed by atoms with Crippen LogP contribution >= 0.6 is 0 Å². The molecular weight excluding hydrogens is 560 g/mol. The maximum Gasteiger partial charge on any atom is 0.305 e. The molecule has 0 radical (unpaired) electrons. The zero-order valence-corrected chi connectivity index (χ0v) is 29.4. The zero-order chi connectivity index (χ0) is 32.9. The molecule has 0 heterocycles. The number of hydrogen-bond acceptors (Lipinski definition) is 5. The largest absolute Gasteiger partial charge is 0.465 e. The Balaban J connectivity index is 3.62. The number of unbranched alkanes of at least 4 members (excludes halogenated alkanes) is 16. The number of rotatable bonds is 33. The smallest absolute Gasteiger partial charge is 0.305 e. The fraction of sp³-hybridized carbons (Fsp3) is 0.750. The number of esters is 2. The lowest BCUT2D eigenvalue weighted by Crippen LogP contribution is -2.23. The van der Waals surface area contributed by atoms with E-state index in [4.69, 9.17) is 9.47 Å². The fourth-order valence-electron chi connectivity index (χ4n) is 4.88. The number of carbonyl (C=O) groups excluding carboxylic acids is 2. The molecule has 0 aliphatic carbocycles. The van der Waals surface area contributed by atoms with Crippen LogP contribution in [0, 0.1) is 5.92 Å². The topological polar surface area (TPSA) is 72.8 Å². The van der Waals surface area contributed by atoms with Crippen LogP contribution in [-0.2, 0) is 19.1 Å². The number of hydrogen-bond donors (Lipinski definition) is 1. The second-order valence-electron chi connectivity index (χ2n) is 12.4. The molecule has 0 aromatic carbocycles. The van der Waals surface area contributed by atoms with Gasteiger partial charge in [0.15, 0.2) is 0 Å². The van der Waals surface area contributed by atoms with Gasteiger partial charge in [0.05, 0.1) is 25.7 Å². The molecule has 0 bridgehead atoms. The summed E-state index contributed by atoms with van der Waals surface area (Å²) in [5, 5.41) is 9.59. The number of aliphatic hydroxyl groups excluding tert-OH is 1. The Morgan fingerprint density at radius 1 is 0.489 bits per heavy atom. The summed E-state index contributed by atoms with van der Waals surface area (Å²) < 4.78 is 10.6. The van der Waals surface area contributed by atoms with Gasteiger partial charge in [0.2, 0.25) is 0 Å². The van der Waals surface area contributed by atoms with E-state index < -0.39 is 0 Å². The molecule has 5 heteroatoms. The van der Waals surface area contributed by atoms with Crippen LogP contribution in [0.2, 0.25) is 0 Å². The fourth-order valence-corrected chi connectivity index (χ4v) is 4.88. The van der Waals surface area contributed by atoms with Crippen LogP contribution in [0.25, 0.3) is 0 Å². The van der Waals surface area contributed by atoms with E-state index >= 15 is 0 Å². The van der Waals surface area contributed by atoms with E-state index in [1.54, 1.807) is 0 Å². The molecule has 0 aromatic rings. The average molecular weight is 631 g/mol. The number of ether oxygens (including phenoxy) is 2. The predicted molar refractivity (Wildman–Crippen MR) is 191 cm³/mol. The quantitative estimate of drug-likeness (QED) is 0.0444. The highest BCUT2D eigenvalue weighted by molar-refractivity contribution is 5.69. The van der Waals surface area contributed by atoms with Crippen molar-refractivity contribution in [2.24, 2.45) is 5.92 Å². The van der Waals surface area contributed by atoms with Gasteiger partial charge >= 0.3 is 11.9 Å². The Labute approximate surface area is 278 Å².